The van der Waals surface area contributed by atoms with Crippen LogP contribution in [-0.2, 0) is 21.1 Å². The van der Waals surface area contributed by atoms with Crippen molar-refractivity contribution in [2.75, 3.05) is 6.26 Å². The average molecular weight is 363 g/mol. The van der Waals surface area contributed by atoms with Crippen LogP contribution >= 0.6 is 0 Å². The molecule has 7 nitrogen and oxygen atoms in total. The molecule has 134 valence electrons. The number of hydrogen-bond acceptors (Lipinski definition) is 6. The number of aliphatic hydroxyl groups is 1. The highest BCUT2D eigenvalue weighted by Gasteiger charge is 2.18. The third-order valence-corrected chi connectivity index (χ3v) is 4.71. The Morgan fingerprint density at radius 3 is 2.44 bits per heavy atom. The second-order valence-electron chi connectivity index (χ2n) is 6.43. The fraction of sp³-hybridized carbons (Fsp3) is 0.353. The minimum Gasteiger partial charge on any atom is -0.442 e. The summed E-state index contributed by atoms with van der Waals surface area (Å²) >= 11 is 0. The Balaban J connectivity index is 2.29. The summed E-state index contributed by atoms with van der Waals surface area (Å²) < 4.78 is 21.5. The van der Waals surface area contributed by atoms with Gasteiger partial charge in [0.25, 0.3) is 0 Å². The predicted molar refractivity (Wildman–Crippen MR) is 94.4 cm³/mol. The van der Waals surface area contributed by atoms with Crippen LogP contribution in [0.5, 0.6) is 0 Å². The fourth-order valence-corrected chi connectivity index (χ4v) is 3.02. The van der Waals surface area contributed by atoms with Gasteiger partial charge < -0.3 is 9.84 Å². The Bertz CT molecular complexity index is 880. The lowest BCUT2D eigenvalue weighted by atomic mass is 10.2. The maximum atomic E-state index is 12.7. The van der Waals surface area contributed by atoms with E-state index in [-0.39, 0.29) is 6.61 Å². The molecule has 0 aliphatic heterocycles. The average Bonchev–Trinajstić information content (AvgIpc) is 2.52. The number of nitrogens with zero attached hydrogens (tertiary/aromatic N) is 3. The zero-order chi connectivity index (χ0) is 18.7. The van der Waals surface area contributed by atoms with Crippen LogP contribution in [0, 0.1) is 0 Å². The molecule has 25 heavy (non-hydrogen) atoms. The van der Waals surface area contributed by atoms with Crippen molar-refractivity contribution in [3.63, 3.8) is 0 Å². The third-order valence-electron chi connectivity index (χ3n) is 3.07. The van der Waals surface area contributed by atoms with E-state index in [1.165, 1.54) is 6.26 Å². The van der Waals surface area contributed by atoms with E-state index in [2.05, 4.69) is 14.3 Å². The lowest BCUT2D eigenvalue weighted by molar-refractivity contribution is 0.0607. The van der Waals surface area contributed by atoms with Gasteiger partial charge in [-0.15, -0.1) is 4.36 Å². The molecule has 0 bridgehead atoms. The highest BCUT2D eigenvalue weighted by atomic mass is 32.2. The van der Waals surface area contributed by atoms with E-state index < -0.39 is 21.4 Å². The highest BCUT2D eigenvalue weighted by molar-refractivity contribution is 7.93. The summed E-state index contributed by atoms with van der Waals surface area (Å²) in [6, 6.07) is 8.23. The van der Waals surface area contributed by atoms with Crippen LogP contribution in [0.25, 0.3) is 11.4 Å². The van der Waals surface area contributed by atoms with Crippen molar-refractivity contribution in [2.45, 2.75) is 37.9 Å². The molecule has 1 aromatic carbocycles. The molecule has 0 saturated heterocycles. The van der Waals surface area contributed by atoms with Gasteiger partial charge in [0.1, 0.15) is 5.60 Å². The van der Waals surface area contributed by atoms with Crippen LogP contribution in [0.3, 0.4) is 0 Å². The first-order valence-electron chi connectivity index (χ1n) is 7.59. The van der Waals surface area contributed by atoms with Crippen molar-refractivity contribution in [3.8, 4) is 11.4 Å². The van der Waals surface area contributed by atoms with Crippen LogP contribution in [0.1, 0.15) is 26.5 Å². The Morgan fingerprint density at radius 1 is 1.24 bits per heavy atom. The van der Waals surface area contributed by atoms with Gasteiger partial charge in [-0.3, -0.25) is 0 Å². The number of ether oxygens (including phenoxy) is 1. The second kappa shape index (κ2) is 7.28. The second-order valence-corrected chi connectivity index (χ2v) is 8.69. The van der Waals surface area contributed by atoms with Crippen molar-refractivity contribution in [1.82, 2.24) is 9.97 Å². The number of hydrogen-bond donors (Lipinski definition) is 1. The molecule has 0 spiro atoms. The van der Waals surface area contributed by atoms with Crippen LogP contribution in [0.2, 0.25) is 0 Å². The lowest BCUT2D eigenvalue weighted by Gasteiger charge is -2.17. The van der Waals surface area contributed by atoms with E-state index in [0.717, 1.165) is 0 Å². The summed E-state index contributed by atoms with van der Waals surface area (Å²) in [5.74, 6) is 0.449. The molecule has 0 aliphatic rings. The smallest absolute Gasteiger partial charge is 0.442 e. The van der Waals surface area contributed by atoms with Gasteiger partial charge in [0.2, 0.25) is 0 Å². The number of amides is 1. The molecule has 0 saturated carbocycles. The van der Waals surface area contributed by atoms with Crippen molar-refractivity contribution in [1.29, 1.82) is 0 Å². The molecule has 1 aromatic heterocycles. The Labute approximate surface area is 147 Å². The molecule has 2 aromatic rings. The summed E-state index contributed by atoms with van der Waals surface area (Å²) in [4.78, 5) is 20.6. The first kappa shape index (κ1) is 19.0. The molecule has 0 radical (unpaired) electrons. The normalized spacial score (nSPS) is 13.8. The van der Waals surface area contributed by atoms with Gasteiger partial charge in [-0.25, -0.2) is 19.0 Å². The van der Waals surface area contributed by atoms with Gasteiger partial charge >= 0.3 is 6.09 Å². The lowest BCUT2D eigenvalue weighted by Crippen LogP contribution is -2.22. The van der Waals surface area contributed by atoms with E-state index >= 15 is 0 Å². The molecule has 1 unspecified atom stereocenters. The first-order valence-corrected chi connectivity index (χ1v) is 9.51. The molecular weight excluding hydrogens is 342 g/mol. The molecule has 1 atom stereocenters. The maximum Gasteiger partial charge on any atom is 0.442 e. The molecule has 1 heterocycles. The van der Waals surface area contributed by atoms with Gasteiger partial charge in [0, 0.05) is 22.9 Å². The molecule has 1 amide bonds. The van der Waals surface area contributed by atoms with E-state index in [4.69, 9.17) is 9.84 Å². The van der Waals surface area contributed by atoms with E-state index in [9.17, 15) is 9.00 Å². The quantitative estimate of drug-likeness (QED) is 0.899. The number of aliphatic hydroxyl groups excluding tert-OH is 1. The van der Waals surface area contributed by atoms with E-state index in [1.54, 1.807) is 57.3 Å². The van der Waals surface area contributed by atoms with Crippen LogP contribution < -0.4 is 0 Å². The monoisotopic (exact) mass is 363 g/mol. The predicted octanol–water partition coefficient (Wildman–Crippen LogP) is 3.03. The SMILES string of the molecule is CC(C)(C)OC(=O)N=S(C)(=O)c1ccc(-c2nccc(CO)n2)cc1. The molecule has 0 fully saturated rings. The number of aromatic nitrogens is 2. The van der Waals surface area contributed by atoms with Gasteiger partial charge in [0.15, 0.2) is 5.82 Å². The Morgan fingerprint density at radius 2 is 1.88 bits per heavy atom. The zero-order valence-electron chi connectivity index (χ0n) is 14.6. The molecule has 2 rings (SSSR count). The van der Waals surface area contributed by atoms with Crippen molar-refractivity contribution >= 4 is 15.8 Å². The number of rotatable bonds is 3. The minimum absolute atomic E-state index is 0.175. The van der Waals surface area contributed by atoms with E-state index in [0.29, 0.717) is 22.0 Å². The fourth-order valence-electron chi connectivity index (χ4n) is 1.96. The number of benzene rings is 1. The molecule has 0 aliphatic carbocycles. The summed E-state index contributed by atoms with van der Waals surface area (Å²) in [5.41, 5.74) is 0.509. The molecule has 1 N–H and O–H groups in total. The molecule has 8 heteroatoms. The maximum absolute atomic E-state index is 12.7. The Hall–Kier alpha value is -2.32. The van der Waals surface area contributed by atoms with Gasteiger partial charge in [-0.05, 0) is 51.1 Å². The van der Waals surface area contributed by atoms with Crippen LogP contribution in [0.15, 0.2) is 45.8 Å². The summed E-state index contributed by atoms with van der Waals surface area (Å²) in [6.45, 7) is 4.97. The summed E-state index contributed by atoms with van der Waals surface area (Å²) in [7, 11) is -2.92. The summed E-state index contributed by atoms with van der Waals surface area (Å²) in [6.07, 6.45) is 2.08. The van der Waals surface area contributed by atoms with Gasteiger partial charge in [0.05, 0.1) is 22.0 Å². The number of carbonyl (C=O) groups excluding carboxylic acids is 1. The van der Waals surface area contributed by atoms with Crippen molar-refractivity contribution in [2.24, 2.45) is 4.36 Å². The van der Waals surface area contributed by atoms with Crippen LogP contribution in [0.4, 0.5) is 4.79 Å². The topological polar surface area (TPSA) is 102 Å². The van der Waals surface area contributed by atoms with Crippen LogP contribution in [-0.4, -0.2) is 37.2 Å². The standard InChI is InChI=1S/C17H21N3O4S/c1-17(2,3)24-16(22)20-25(4,23)14-7-5-12(6-8-14)15-18-10-9-13(11-21)19-15/h5-10,21H,11H2,1-4H3. The van der Waals surface area contributed by atoms with Crippen molar-refractivity contribution in [3.05, 3.63) is 42.2 Å². The third kappa shape index (κ3) is 5.33. The minimum atomic E-state index is -2.92. The zero-order valence-corrected chi connectivity index (χ0v) is 15.4. The molecular formula is C17H21N3O4S. The largest absolute Gasteiger partial charge is 0.442 e. The van der Waals surface area contributed by atoms with Crippen molar-refractivity contribution < 1.29 is 18.8 Å². The summed E-state index contributed by atoms with van der Waals surface area (Å²) in [5, 5.41) is 9.14. The number of carbonyl (C=O) groups is 1. The van der Waals surface area contributed by atoms with E-state index in [1.807, 2.05) is 0 Å². The first-order chi connectivity index (χ1) is 11.6. The Kier molecular flexibility index (Phi) is 5.54. The van der Waals surface area contributed by atoms with Gasteiger partial charge in [-0.2, -0.15) is 0 Å². The van der Waals surface area contributed by atoms with Gasteiger partial charge in [-0.1, -0.05) is 0 Å². The highest BCUT2D eigenvalue weighted by Crippen LogP contribution is 2.20.